The van der Waals surface area contributed by atoms with Crippen molar-refractivity contribution >= 4 is 27.3 Å². The number of rotatable bonds is 5. The molecule has 2 saturated heterocycles. The van der Waals surface area contributed by atoms with Gasteiger partial charge in [0.05, 0.1) is 16.4 Å². The first kappa shape index (κ1) is 21.4. The van der Waals surface area contributed by atoms with Crippen LogP contribution in [0.25, 0.3) is 0 Å². The van der Waals surface area contributed by atoms with E-state index in [1.807, 2.05) is 35.5 Å². The van der Waals surface area contributed by atoms with Gasteiger partial charge in [-0.15, -0.1) is 11.3 Å². The number of benzene rings is 1. The van der Waals surface area contributed by atoms with Crippen molar-refractivity contribution in [2.75, 3.05) is 45.8 Å². The van der Waals surface area contributed by atoms with E-state index in [2.05, 4.69) is 9.88 Å². The molecule has 2 aliphatic rings. The standard InChI is InChI=1S/C21H28N4O3S2/c1-17-4-6-19(7-5-17)30(27,28)25-12-10-23(11-13-25)16-20(26)24-9-2-3-18(15-24)21-22-8-14-29-21/h4-8,14,18H,2-3,9-13,15-16H2,1H3. The lowest BCUT2D eigenvalue weighted by Gasteiger charge is -2.36. The van der Waals surface area contributed by atoms with Crippen molar-refractivity contribution in [2.45, 2.75) is 30.6 Å². The van der Waals surface area contributed by atoms with E-state index in [9.17, 15) is 13.2 Å². The number of carbonyl (C=O) groups excluding carboxylic acids is 1. The van der Waals surface area contributed by atoms with Crippen LogP contribution in [-0.2, 0) is 14.8 Å². The summed E-state index contributed by atoms with van der Waals surface area (Å²) >= 11 is 1.66. The third-order valence-electron chi connectivity index (χ3n) is 5.92. The predicted molar refractivity (Wildman–Crippen MR) is 117 cm³/mol. The Morgan fingerprint density at radius 1 is 1.13 bits per heavy atom. The molecule has 7 nitrogen and oxygen atoms in total. The van der Waals surface area contributed by atoms with E-state index in [-0.39, 0.29) is 5.91 Å². The minimum atomic E-state index is -3.48. The van der Waals surface area contributed by atoms with Gasteiger partial charge in [-0.1, -0.05) is 17.7 Å². The Morgan fingerprint density at radius 2 is 1.87 bits per heavy atom. The van der Waals surface area contributed by atoms with Crippen LogP contribution in [0.3, 0.4) is 0 Å². The second kappa shape index (κ2) is 9.13. The highest BCUT2D eigenvalue weighted by atomic mass is 32.2. The zero-order valence-corrected chi connectivity index (χ0v) is 18.9. The van der Waals surface area contributed by atoms with Gasteiger partial charge in [0.2, 0.25) is 15.9 Å². The summed E-state index contributed by atoms with van der Waals surface area (Å²) in [6, 6.07) is 6.96. The van der Waals surface area contributed by atoms with Gasteiger partial charge in [-0.2, -0.15) is 4.31 Å². The quantitative estimate of drug-likeness (QED) is 0.701. The molecule has 1 aromatic carbocycles. The first-order valence-corrected chi connectivity index (χ1v) is 12.7. The highest BCUT2D eigenvalue weighted by molar-refractivity contribution is 7.89. The lowest BCUT2D eigenvalue weighted by molar-refractivity contribution is -0.133. The number of likely N-dealkylation sites (tertiary alicyclic amines) is 1. The van der Waals surface area contributed by atoms with E-state index in [1.54, 1.807) is 23.5 Å². The van der Waals surface area contributed by atoms with Gasteiger partial charge < -0.3 is 4.90 Å². The van der Waals surface area contributed by atoms with Crippen LogP contribution >= 0.6 is 11.3 Å². The molecule has 162 valence electrons. The fourth-order valence-electron chi connectivity index (χ4n) is 4.12. The van der Waals surface area contributed by atoms with Crippen molar-refractivity contribution in [3.8, 4) is 0 Å². The van der Waals surface area contributed by atoms with E-state index >= 15 is 0 Å². The summed E-state index contributed by atoms with van der Waals surface area (Å²) in [5, 5.41) is 3.10. The molecule has 0 bridgehead atoms. The first-order chi connectivity index (χ1) is 14.4. The van der Waals surface area contributed by atoms with Crippen molar-refractivity contribution in [3.63, 3.8) is 0 Å². The zero-order valence-electron chi connectivity index (χ0n) is 17.2. The fourth-order valence-corrected chi connectivity index (χ4v) is 6.31. The maximum Gasteiger partial charge on any atom is 0.243 e. The number of hydrogen-bond donors (Lipinski definition) is 0. The van der Waals surface area contributed by atoms with Gasteiger partial charge in [-0.3, -0.25) is 9.69 Å². The second-order valence-corrected chi connectivity index (χ2v) is 10.9. The Balaban J connectivity index is 1.30. The normalized spacial score (nSPS) is 21.6. The number of aromatic nitrogens is 1. The van der Waals surface area contributed by atoms with E-state index < -0.39 is 10.0 Å². The molecule has 0 spiro atoms. The molecular formula is C21H28N4O3S2. The number of carbonyl (C=O) groups is 1. The third-order valence-corrected chi connectivity index (χ3v) is 8.77. The smallest absolute Gasteiger partial charge is 0.243 e. The molecule has 1 amide bonds. The lowest BCUT2D eigenvalue weighted by atomic mass is 9.98. The maximum atomic E-state index is 12.9. The van der Waals surface area contributed by atoms with Crippen molar-refractivity contribution in [3.05, 3.63) is 46.4 Å². The molecule has 2 aromatic rings. The Labute approximate surface area is 182 Å². The van der Waals surface area contributed by atoms with Gasteiger partial charge in [0.15, 0.2) is 0 Å². The molecule has 1 unspecified atom stereocenters. The Bertz CT molecular complexity index is 953. The van der Waals surface area contributed by atoms with Gasteiger partial charge in [-0.25, -0.2) is 13.4 Å². The van der Waals surface area contributed by atoms with Gasteiger partial charge in [0.25, 0.3) is 0 Å². The molecule has 0 aliphatic carbocycles. The molecule has 3 heterocycles. The molecule has 0 saturated carbocycles. The van der Waals surface area contributed by atoms with Crippen LogP contribution < -0.4 is 0 Å². The van der Waals surface area contributed by atoms with Crippen molar-refractivity contribution in [1.82, 2.24) is 19.1 Å². The van der Waals surface area contributed by atoms with Gasteiger partial charge in [0, 0.05) is 56.8 Å². The SMILES string of the molecule is Cc1ccc(S(=O)(=O)N2CCN(CC(=O)N3CCCC(c4nccs4)C3)CC2)cc1. The summed E-state index contributed by atoms with van der Waals surface area (Å²) in [5.74, 6) is 0.463. The van der Waals surface area contributed by atoms with Crippen LogP contribution in [0.1, 0.15) is 29.3 Å². The van der Waals surface area contributed by atoms with Crippen molar-refractivity contribution in [2.24, 2.45) is 0 Å². The number of sulfonamides is 1. The third kappa shape index (κ3) is 4.74. The molecule has 0 radical (unpaired) electrons. The number of nitrogens with zero attached hydrogens (tertiary/aromatic N) is 4. The monoisotopic (exact) mass is 448 g/mol. The molecular weight excluding hydrogens is 420 g/mol. The van der Waals surface area contributed by atoms with E-state index in [1.165, 1.54) is 4.31 Å². The minimum absolute atomic E-state index is 0.131. The largest absolute Gasteiger partial charge is 0.341 e. The number of thiazole rings is 1. The predicted octanol–water partition coefficient (Wildman–Crippen LogP) is 2.16. The maximum absolute atomic E-state index is 12.9. The first-order valence-electron chi connectivity index (χ1n) is 10.4. The van der Waals surface area contributed by atoms with E-state index in [0.717, 1.165) is 36.5 Å². The molecule has 30 heavy (non-hydrogen) atoms. The highest BCUT2D eigenvalue weighted by Gasteiger charge is 2.31. The summed E-state index contributed by atoms with van der Waals surface area (Å²) in [6.45, 7) is 5.77. The van der Waals surface area contributed by atoms with Crippen LogP contribution in [0.2, 0.25) is 0 Å². The second-order valence-electron chi connectivity index (χ2n) is 8.04. The zero-order chi connectivity index (χ0) is 21.1. The topological polar surface area (TPSA) is 73.8 Å². The number of amides is 1. The molecule has 0 N–H and O–H groups in total. The van der Waals surface area contributed by atoms with Crippen molar-refractivity contribution < 1.29 is 13.2 Å². The van der Waals surface area contributed by atoms with Gasteiger partial charge >= 0.3 is 0 Å². The van der Waals surface area contributed by atoms with Crippen LogP contribution in [0.4, 0.5) is 0 Å². The molecule has 2 aliphatic heterocycles. The number of piperazine rings is 1. The van der Waals surface area contributed by atoms with Crippen LogP contribution in [0.15, 0.2) is 40.7 Å². The highest BCUT2D eigenvalue weighted by Crippen LogP contribution is 2.28. The van der Waals surface area contributed by atoms with Crippen molar-refractivity contribution in [1.29, 1.82) is 0 Å². The molecule has 4 rings (SSSR count). The van der Waals surface area contributed by atoms with Gasteiger partial charge in [0.1, 0.15) is 0 Å². The molecule has 2 fully saturated rings. The van der Waals surface area contributed by atoms with Crippen LogP contribution in [0, 0.1) is 6.92 Å². The summed E-state index contributed by atoms with van der Waals surface area (Å²) in [7, 11) is -3.48. The lowest BCUT2D eigenvalue weighted by Crippen LogP contribution is -2.52. The minimum Gasteiger partial charge on any atom is -0.341 e. The summed E-state index contributed by atoms with van der Waals surface area (Å²) < 4.78 is 27.2. The summed E-state index contributed by atoms with van der Waals surface area (Å²) in [6.07, 6.45) is 3.90. The molecule has 1 atom stereocenters. The Hall–Kier alpha value is -1.81. The van der Waals surface area contributed by atoms with E-state index in [4.69, 9.17) is 0 Å². The molecule has 1 aromatic heterocycles. The average Bonchev–Trinajstić information content (AvgIpc) is 3.30. The summed E-state index contributed by atoms with van der Waals surface area (Å²) in [4.78, 5) is 21.6. The number of aryl methyl sites for hydroxylation is 1. The number of hydrogen-bond acceptors (Lipinski definition) is 6. The fraction of sp³-hybridized carbons (Fsp3) is 0.524. The Kier molecular flexibility index (Phi) is 6.52. The number of piperidine rings is 1. The van der Waals surface area contributed by atoms with Gasteiger partial charge in [-0.05, 0) is 31.9 Å². The van der Waals surface area contributed by atoms with Crippen LogP contribution in [0.5, 0.6) is 0 Å². The summed E-state index contributed by atoms with van der Waals surface area (Å²) in [5.41, 5.74) is 1.03. The van der Waals surface area contributed by atoms with Crippen LogP contribution in [-0.4, -0.2) is 79.2 Å². The average molecular weight is 449 g/mol. The Morgan fingerprint density at radius 3 is 2.53 bits per heavy atom. The van der Waals surface area contributed by atoms with E-state index in [0.29, 0.717) is 43.5 Å². The molecule has 9 heteroatoms.